The second kappa shape index (κ2) is 8.85. The summed E-state index contributed by atoms with van der Waals surface area (Å²) in [4.78, 5) is 27.2. The predicted octanol–water partition coefficient (Wildman–Crippen LogP) is 3.20. The van der Waals surface area contributed by atoms with Gasteiger partial charge in [0.15, 0.2) is 6.61 Å². The second-order valence-corrected chi connectivity index (χ2v) is 6.37. The summed E-state index contributed by atoms with van der Waals surface area (Å²) >= 11 is 0. The zero-order valence-corrected chi connectivity index (χ0v) is 15.4. The van der Waals surface area contributed by atoms with Gasteiger partial charge in [-0.3, -0.25) is 4.79 Å². The third-order valence-corrected chi connectivity index (χ3v) is 4.44. The zero-order chi connectivity index (χ0) is 20.9. The van der Waals surface area contributed by atoms with Crippen LogP contribution in [0.15, 0.2) is 53.2 Å². The zero-order valence-electron chi connectivity index (χ0n) is 15.4. The fourth-order valence-electron chi connectivity index (χ4n) is 2.90. The van der Waals surface area contributed by atoms with Gasteiger partial charge in [-0.15, -0.1) is 0 Å². The number of carbonyl (C=O) groups excluding carboxylic acids is 2. The maximum atomic E-state index is 12.9. The van der Waals surface area contributed by atoms with Crippen molar-refractivity contribution < 1.29 is 31.9 Å². The van der Waals surface area contributed by atoms with Gasteiger partial charge in [0.2, 0.25) is 0 Å². The molecule has 6 nitrogen and oxygen atoms in total. The van der Waals surface area contributed by atoms with Crippen molar-refractivity contribution in [2.45, 2.75) is 6.18 Å². The smallest absolute Gasteiger partial charge is 0.416 e. The van der Waals surface area contributed by atoms with E-state index in [1.54, 1.807) is 23.1 Å². The Bertz CT molecular complexity index is 870. The van der Waals surface area contributed by atoms with Gasteiger partial charge in [0.05, 0.1) is 11.8 Å². The number of rotatable bonds is 5. The van der Waals surface area contributed by atoms with E-state index in [0.29, 0.717) is 37.6 Å². The molecule has 0 atom stereocenters. The predicted molar refractivity (Wildman–Crippen MR) is 98.9 cm³/mol. The summed E-state index contributed by atoms with van der Waals surface area (Å²) < 4.78 is 48.6. The number of piperazine rings is 1. The Kier molecular flexibility index (Phi) is 6.26. The summed E-state index contributed by atoms with van der Waals surface area (Å²) in [6, 6.07) is 8.44. The molecule has 9 heteroatoms. The average molecular weight is 408 g/mol. The Balaban J connectivity index is 1.46. The van der Waals surface area contributed by atoms with Gasteiger partial charge in [0.1, 0.15) is 5.76 Å². The first-order chi connectivity index (χ1) is 13.8. The molecule has 1 saturated heterocycles. The molecule has 154 valence electrons. The Hall–Kier alpha value is -3.23. The Morgan fingerprint density at radius 3 is 2.52 bits per heavy atom. The van der Waals surface area contributed by atoms with E-state index in [4.69, 9.17) is 9.15 Å². The third-order valence-electron chi connectivity index (χ3n) is 4.44. The van der Waals surface area contributed by atoms with E-state index < -0.39 is 24.3 Å². The number of furan rings is 1. The van der Waals surface area contributed by atoms with Gasteiger partial charge in [-0.1, -0.05) is 6.07 Å². The molecule has 0 bridgehead atoms. The lowest BCUT2D eigenvalue weighted by molar-refractivity contribution is -0.148. The van der Waals surface area contributed by atoms with E-state index in [2.05, 4.69) is 0 Å². The van der Waals surface area contributed by atoms with Gasteiger partial charge >= 0.3 is 12.1 Å². The normalized spacial score (nSPS) is 15.0. The lowest BCUT2D eigenvalue weighted by Crippen LogP contribution is -2.49. The topological polar surface area (TPSA) is 63.0 Å². The molecular weight excluding hydrogens is 389 g/mol. The molecule has 1 amide bonds. The summed E-state index contributed by atoms with van der Waals surface area (Å²) in [6.45, 7) is 1.04. The fourth-order valence-corrected chi connectivity index (χ4v) is 2.90. The van der Waals surface area contributed by atoms with Gasteiger partial charge in [-0.25, -0.2) is 4.79 Å². The van der Waals surface area contributed by atoms with Crippen molar-refractivity contribution in [3.8, 4) is 0 Å². The van der Waals surface area contributed by atoms with Crippen molar-refractivity contribution in [1.29, 1.82) is 0 Å². The molecule has 0 N–H and O–H groups in total. The van der Waals surface area contributed by atoms with Crippen LogP contribution < -0.4 is 4.90 Å². The van der Waals surface area contributed by atoms with Crippen molar-refractivity contribution in [2.24, 2.45) is 0 Å². The van der Waals surface area contributed by atoms with E-state index in [-0.39, 0.29) is 5.91 Å². The van der Waals surface area contributed by atoms with E-state index >= 15 is 0 Å². The number of hydrogen-bond acceptors (Lipinski definition) is 5. The SMILES string of the molecule is O=C(/C=C/c1ccco1)OCC(=O)N1CCN(c2cccc(C(F)(F)F)c2)CC1. The Labute approximate surface area is 165 Å². The third kappa shape index (κ3) is 5.63. The van der Waals surface area contributed by atoms with Crippen molar-refractivity contribution in [3.63, 3.8) is 0 Å². The second-order valence-electron chi connectivity index (χ2n) is 6.37. The van der Waals surface area contributed by atoms with Crippen LogP contribution in [0.3, 0.4) is 0 Å². The van der Waals surface area contributed by atoms with Gasteiger partial charge in [0.25, 0.3) is 5.91 Å². The highest BCUT2D eigenvalue weighted by molar-refractivity contribution is 5.89. The lowest BCUT2D eigenvalue weighted by Gasteiger charge is -2.36. The maximum Gasteiger partial charge on any atom is 0.416 e. The molecule has 1 fully saturated rings. The van der Waals surface area contributed by atoms with Crippen LogP contribution in [0.1, 0.15) is 11.3 Å². The number of hydrogen-bond donors (Lipinski definition) is 0. The molecule has 2 heterocycles. The van der Waals surface area contributed by atoms with Crippen LogP contribution in [-0.4, -0.2) is 49.6 Å². The van der Waals surface area contributed by atoms with Crippen molar-refractivity contribution in [1.82, 2.24) is 4.90 Å². The van der Waals surface area contributed by atoms with Gasteiger partial charge in [-0.2, -0.15) is 13.2 Å². The number of amides is 1. The highest BCUT2D eigenvalue weighted by atomic mass is 19.4. The molecule has 0 aliphatic carbocycles. The van der Waals surface area contributed by atoms with Crippen LogP contribution in [0.2, 0.25) is 0 Å². The first-order valence-electron chi connectivity index (χ1n) is 8.91. The van der Waals surface area contributed by atoms with Crippen LogP contribution in [-0.2, 0) is 20.5 Å². The lowest BCUT2D eigenvalue weighted by atomic mass is 10.1. The number of anilines is 1. The highest BCUT2D eigenvalue weighted by Gasteiger charge is 2.31. The van der Waals surface area contributed by atoms with E-state index in [0.717, 1.165) is 18.2 Å². The van der Waals surface area contributed by atoms with Crippen LogP contribution in [0.25, 0.3) is 6.08 Å². The van der Waals surface area contributed by atoms with E-state index in [9.17, 15) is 22.8 Å². The minimum atomic E-state index is -4.40. The summed E-state index contributed by atoms with van der Waals surface area (Å²) in [5, 5.41) is 0. The number of benzene rings is 1. The standard InChI is InChI=1S/C20H19F3N2O4/c21-20(22,23)15-3-1-4-16(13-15)24-8-10-25(11-9-24)18(26)14-29-19(27)7-6-17-5-2-12-28-17/h1-7,12-13H,8-11,14H2/b7-6+. The molecule has 1 aromatic heterocycles. The summed E-state index contributed by atoms with van der Waals surface area (Å²) in [7, 11) is 0. The number of esters is 1. The van der Waals surface area contributed by atoms with Gasteiger partial charge in [0, 0.05) is 37.9 Å². The number of ether oxygens (including phenoxy) is 1. The largest absolute Gasteiger partial charge is 0.465 e. The molecular formula is C20H19F3N2O4. The summed E-state index contributed by atoms with van der Waals surface area (Å²) in [6.07, 6.45) is -0.338. The monoisotopic (exact) mass is 408 g/mol. The maximum absolute atomic E-state index is 12.9. The molecule has 1 aliphatic heterocycles. The first-order valence-corrected chi connectivity index (χ1v) is 8.91. The quantitative estimate of drug-likeness (QED) is 0.562. The number of carbonyl (C=O) groups is 2. The minimum absolute atomic E-state index is 0.328. The fraction of sp³-hybridized carbons (Fsp3) is 0.300. The van der Waals surface area contributed by atoms with Crippen molar-refractivity contribution in [2.75, 3.05) is 37.7 Å². The number of alkyl halides is 3. The van der Waals surface area contributed by atoms with Crippen LogP contribution in [0.5, 0.6) is 0 Å². The molecule has 0 spiro atoms. The molecule has 0 saturated carbocycles. The van der Waals surface area contributed by atoms with Crippen molar-refractivity contribution in [3.05, 3.63) is 60.1 Å². The summed E-state index contributed by atoms with van der Waals surface area (Å²) in [5.74, 6) is -0.537. The molecule has 3 rings (SSSR count). The van der Waals surface area contributed by atoms with Crippen molar-refractivity contribution >= 4 is 23.6 Å². The molecule has 29 heavy (non-hydrogen) atoms. The Morgan fingerprint density at radius 2 is 1.86 bits per heavy atom. The first kappa shape index (κ1) is 20.5. The number of nitrogens with zero attached hydrogens (tertiary/aromatic N) is 2. The highest BCUT2D eigenvalue weighted by Crippen LogP contribution is 2.31. The average Bonchev–Trinajstić information content (AvgIpc) is 3.24. The minimum Gasteiger partial charge on any atom is -0.465 e. The van der Waals surface area contributed by atoms with Crippen LogP contribution in [0.4, 0.5) is 18.9 Å². The van der Waals surface area contributed by atoms with Crippen LogP contribution >= 0.6 is 0 Å². The van der Waals surface area contributed by atoms with E-state index in [1.807, 2.05) is 0 Å². The molecule has 0 unspecified atom stereocenters. The Morgan fingerprint density at radius 1 is 1.10 bits per heavy atom. The molecule has 1 aromatic carbocycles. The molecule has 0 radical (unpaired) electrons. The van der Waals surface area contributed by atoms with Crippen LogP contribution in [0, 0.1) is 0 Å². The van der Waals surface area contributed by atoms with Gasteiger partial charge in [-0.05, 0) is 36.4 Å². The van der Waals surface area contributed by atoms with E-state index in [1.165, 1.54) is 23.3 Å². The summed E-state index contributed by atoms with van der Waals surface area (Å²) in [5.41, 5.74) is -0.246. The molecule has 1 aliphatic rings. The van der Waals surface area contributed by atoms with Gasteiger partial charge < -0.3 is 19.0 Å². The molecule has 2 aromatic rings. The number of halogens is 3.